The average molecular weight is 276 g/mol. The number of nitrogens with one attached hydrogen (secondary N) is 1. The monoisotopic (exact) mass is 276 g/mol. The van der Waals surface area contributed by atoms with Crippen molar-refractivity contribution < 1.29 is 0 Å². The van der Waals surface area contributed by atoms with Crippen LogP contribution in [0, 0.1) is 0 Å². The lowest BCUT2D eigenvalue weighted by molar-refractivity contribution is 0.234. The van der Waals surface area contributed by atoms with Gasteiger partial charge in [-0.2, -0.15) is 0 Å². The van der Waals surface area contributed by atoms with Crippen LogP contribution in [0.2, 0.25) is 0 Å². The third-order valence-electron chi connectivity index (χ3n) is 4.93. The number of nitrogens with zero attached hydrogens (tertiary/aromatic N) is 1. The van der Waals surface area contributed by atoms with Crippen molar-refractivity contribution in [2.24, 2.45) is 0 Å². The minimum atomic E-state index is 0.460. The van der Waals surface area contributed by atoms with E-state index in [1.165, 1.54) is 27.6 Å². The summed E-state index contributed by atoms with van der Waals surface area (Å²) in [6, 6.07) is 18.3. The van der Waals surface area contributed by atoms with Crippen LogP contribution in [-0.2, 0) is 0 Å². The highest BCUT2D eigenvalue weighted by atomic mass is 15.1. The Labute approximate surface area is 125 Å². The zero-order valence-electron chi connectivity index (χ0n) is 12.5. The predicted octanol–water partition coefficient (Wildman–Crippen LogP) is 4.31. The first-order valence-electron chi connectivity index (χ1n) is 7.60. The van der Waals surface area contributed by atoms with E-state index >= 15 is 0 Å². The van der Waals surface area contributed by atoms with Gasteiger partial charge in [0, 0.05) is 30.2 Å². The van der Waals surface area contributed by atoms with Gasteiger partial charge in [0.05, 0.1) is 0 Å². The highest BCUT2D eigenvalue weighted by molar-refractivity contribution is 5.80. The summed E-state index contributed by atoms with van der Waals surface area (Å²) >= 11 is 0. The molecule has 0 radical (unpaired) electrons. The molecule has 1 aliphatic heterocycles. The molecule has 2 heteroatoms. The van der Waals surface area contributed by atoms with Crippen LogP contribution in [0.15, 0.2) is 54.7 Å². The Bertz CT molecular complexity index is 787. The fourth-order valence-corrected chi connectivity index (χ4v) is 3.56. The van der Waals surface area contributed by atoms with Crippen molar-refractivity contribution in [3.8, 4) is 0 Å². The Morgan fingerprint density at radius 2 is 1.86 bits per heavy atom. The summed E-state index contributed by atoms with van der Waals surface area (Å²) in [4.78, 5) is 5.73. The van der Waals surface area contributed by atoms with Gasteiger partial charge in [-0.25, -0.2) is 0 Å². The number of fused-ring (bicyclic) bond motifs is 2. The summed E-state index contributed by atoms with van der Waals surface area (Å²) in [6.07, 6.45) is 2.01. The molecule has 106 valence electrons. The van der Waals surface area contributed by atoms with Crippen LogP contribution < -0.4 is 0 Å². The van der Waals surface area contributed by atoms with Crippen molar-refractivity contribution in [3.63, 3.8) is 0 Å². The van der Waals surface area contributed by atoms with Gasteiger partial charge in [0.1, 0.15) is 0 Å². The van der Waals surface area contributed by atoms with Gasteiger partial charge in [0.25, 0.3) is 0 Å². The molecule has 0 bridgehead atoms. The lowest BCUT2D eigenvalue weighted by Crippen LogP contribution is -2.33. The number of likely N-dealkylation sites (N-methyl/N-ethyl adjacent to an activating group) is 1. The summed E-state index contributed by atoms with van der Waals surface area (Å²) in [5, 5.41) is 1.30. The quantitative estimate of drug-likeness (QED) is 0.702. The van der Waals surface area contributed by atoms with E-state index in [0.717, 1.165) is 6.54 Å². The van der Waals surface area contributed by atoms with E-state index in [2.05, 4.69) is 72.4 Å². The van der Waals surface area contributed by atoms with E-state index in [1.807, 2.05) is 6.20 Å². The zero-order valence-corrected chi connectivity index (χ0v) is 12.5. The Hall–Kier alpha value is -2.06. The molecule has 4 rings (SSSR count). The molecule has 1 aliphatic rings. The molecule has 0 amide bonds. The fourth-order valence-electron chi connectivity index (χ4n) is 3.56. The molecule has 2 nitrogen and oxygen atoms in total. The third-order valence-corrected chi connectivity index (χ3v) is 4.93. The lowest BCUT2D eigenvalue weighted by Gasteiger charge is -2.37. The Morgan fingerprint density at radius 1 is 1.05 bits per heavy atom. The molecule has 3 aromatic rings. The van der Waals surface area contributed by atoms with Crippen molar-refractivity contribution >= 4 is 10.9 Å². The summed E-state index contributed by atoms with van der Waals surface area (Å²) in [5.74, 6) is 0.460. The van der Waals surface area contributed by atoms with Gasteiger partial charge in [0.15, 0.2) is 0 Å². The minimum absolute atomic E-state index is 0.460. The predicted molar refractivity (Wildman–Crippen MR) is 87.6 cm³/mol. The second-order valence-corrected chi connectivity index (χ2v) is 6.12. The van der Waals surface area contributed by atoms with E-state index in [1.54, 1.807) is 0 Å². The van der Waals surface area contributed by atoms with Crippen molar-refractivity contribution in [2.75, 3.05) is 13.6 Å². The number of hydrogen-bond acceptors (Lipinski definition) is 1. The van der Waals surface area contributed by atoms with E-state index in [0.29, 0.717) is 12.0 Å². The Kier molecular flexibility index (Phi) is 2.86. The molecule has 0 aliphatic carbocycles. The van der Waals surface area contributed by atoms with Gasteiger partial charge in [0.2, 0.25) is 0 Å². The van der Waals surface area contributed by atoms with Crippen LogP contribution in [-0.4, -0.2) is 23.5 Å². The number of hydrogen-bond donors (Lipinski definition) is 1. The van der Waals surface area contributed by atoms with Crippen molar-refractivity contribution in [1.29, 1.82) is 0 Å². The Morgan fingerprint density at radius 3 is 2.71 bits per heavy atom. The van der Waals surface area contributed by atoms with Gasteiger partial charge < -0.3 is 4.98 Å². The van der Waals surface area contributed by atoms with Crippen LogP contribution in [0.25, 0.3) is 10.9 Å². The lowest BCUT2D eigenvalue weighted by atomic mass is 9.82. The SMILES string of the molecule is CC1c2ccccc2C(c2ccc3[nH]ccc3c2)CN1C. The molecule has 2 unspecified atom stereocenters. The van der Waals surface area contributed by atoms with Gasteiger partial charge in [-0.3, -0.25) is 4.90 Å². The summed E-state index contributed by atoms with van der Waals surface area (Å²) < 4.78 is 0. The normalized spacial score (nSPS) is 22.4. The maximum atomic E-state index is 3.27. The molecular formula is C19H20N2. The fraction of sp³-hybridized carbons (Fsp3) is 0.263. The summed E-state index contributed by atoms with van der Waals surface area (Å²) in [6.45, 7) is 3.37. The van der Waals surface area contributed by atoms with Gasteiger partial charge in [-0.05, 0) is 54.2 Å². The highest BCUT2D eigenvalue weighted by Gasteiger charge is 2.29. The van der Waals surface area contributed by atoms with Crippen LogP contribution in [0.3, 0.4) is 0 Å². The van der Waals surface area contributed by atoms with Crippen LogP contribution in [0.4, 0.5) is 0 Å². The number of H-pyrrole nitrogens is 1. The minimum Gasteiger partial charge on any atom is -0.361 e. The van der Waals surface area contributed by atoms with Gasteiger partial charge in [-0.15, -0.1) is 0 Å². The molecule has 2 heterocycles. The highest BCUT2D eigenvalue weighted by Crippen LogP contribution is 2.38. The van der Waals surface area contributed by atoms with Crippen molar-refractivity contribution in [3.05, 3.63) is 71.4 Å². The van der Waals surface area contributed by atoms with Crippen molar-refractivity contribution in [2.45, 2.75) is 18.9 Å². The molecule has 1 N–H and O–H groups in total. The van der Waals surface area contributed by atoms with Gasteiger partial charge in [-0.1, -0.05) is 30.3 Å². The molecule has 0 fully saturated rings. The molecule has 0 spiro atoms. The number of aromatic amines is 1. The maximum Gasteiger partial charge on any atom is 0.0454 e. The van der Waals surface area contributed by atoms with E-state index < -0.39 is 0 Å². The standard InChI is InChI=1S/C19H20N2/c1-13-16-5-3-4-6-17(16)18(12-21(13)2)14-7-8-19-15(11-14)9-10-20-19/h3-11,13,18,20H,12H2,1-2H3. The van der Waals surface area contributed by atoms with E-state index in [9.17, 15) is 0 Å². The zero-order chi connectivity index (χ0) is 14.4. The first-order chi connectivity index (χ1) is 10.2. The largest absolute Gasteiger partial charge is 0.361 e. The van der Waals surface area contributed by atoms with E-state index in [4.69, 9.17) is 0 Å². The molecule has 1 aromatic heterocycles. The van der Waals surface area contributed by atoms with Crippen LogP contribution >= 0.6 is 0 Å². The molecule has 0 saturated carbocycles. The molecular weight excluding hydrogens is 256 g/mol. The maximum absolute atomic E-state index is 3.27. The average Bonchev–Trinajstić information content (AvgIpc) is 2.98. The summed E-state index contributed by atoms with van der Waals surface area (Å²) in [5.41, 5.74) is 5.57. The summed E-state index contributed by atoms with van der Waals surface area (Å²) in [7, 11) is 2.22. The molecule has 2 aromatic carbocycles. The van der Waals surface area contributed by atoms with Gasteiger partial charge >= 0.3 is 0 Å². The first kappa shape index (κ1) is 12.7. The first-order valence-corrected chi connectivity index (χ1v) is 7.60. The Balaban J connectivity index is 1.85. The third kappa shape index (κ3) is 1.98. The smallest absolute Gasteiger partial charge is 0.0454 e. The topological polar surface area (TPSA) is 19.0 Å². The molecule has 0 saturated heterocycles. The van der Waals surface area contributed by atoms with Crippen molar-refractivity contribution in [1.82, 2.24) is 9.88 Å². The van der Waals surface area contributed by atoms with Crippen LogP contribution in [0.1, 0.15) is 35.6 Å². The van der Waals surface area contributed by atoms with E-state index in [-0.39, 0.29) is 0 Å². The van der Waals surface area contributed by atoms with Crippen LogP contribution in [0.5, 0.6) is 0 Å². The second kappa shape index (κ2) is 4.74. The molecule has 2 atom stereocenters. The second-order valence-electron chi connectivity index (χ2n) is 6.12. The molecule has 21 heavy (non-hydrogen) atoms. The number of aromatic nitrogens is 1. The number of benzene rings is 2. The number of rotatable bonds is 1.